The van der Waals surface area contributed by atoms with Crippen LogP contribution in [0.5, 0.6) is 0 Å². The zero-order valence-electron chi connectivity index (χ0n) is 11.6. The lowest BCUT2D eigenvalue weighted by molar-refractivity contribution is -0.0460. The second-order valence-corrected chi connectivity index (χ2v) is 5.85. The summed E-state index contributed by atoms with van der Waals surface area (Å²) in [6, 6.07) is 0. The second kappa shape index (κ2) is 5.85. The molecular formula is C11H15N5O5S. The highest BCUT2D eigenvalue weighted by Crippen LogP contribution is 2.32. The van der Waals surface area contributed by atoms with E-state index in [0.29, 0.717) is 11.2 Å². The molecule has 1 fully saturated rings. The molecule has 11 heteroatoms. The van der Waals surface area contributed by atoms with Gasteiger partial charge in [0, 0.05) is 6.26 Å². The van der Waals surface area contributed by atoms with Crippen molar-refractivity contribution in [3.05, 3.63) is 12.7 Å². The van der Waals surface area contributed by atoms with Crippen molar-refractivity contribution in [2.24, 2.45) is 0 Å². The van der Waals surface area contributed by atoms with Crippen molar-refractivity contribution in [2.45, 2.75) is 24.5 Å². The number of aliphatic hydroxyl groups excluding tert-OH is 2. The van der Waals surface area contributed by atoms with Crippen molar-refractivity contribution in [1.29, 1.82) is 0 Å². The maximum absolute atomic E-state index is 11.0. The van der Waals surface area contributed by atoms with Gasteiger partial charge in [0.15, 0.2) is 28.8 Å². The minimum atomic E-state index is -1.49. The van der Waals surface area contributed by atoms with Crippen LogP contribution in [0.15, 0.2) is 12.7 Å². The fourth-order valence-corrected chi connectivity index (χ4v) is 2.64. The average Bonchev–Trinajstić information content (AvgIpc) is 3.01. The first-order chi connectivity index (χ1) is 10.5. The Kier molecular flexibility index (Phi) is 4.06. The van der Waals surface area contributed by atoms with Gasteiger partial charge in [-0.15, -0.1) is 0 Å². The van der Waals surface area contributed by atoms with E-state index in [0.717, 1.165) is 0 Å². The van der Waals surface area contributed by atoms with Gasteiger partial charge < -0.3 is 20.7 Å². The number of aromatic nitrogens is 4. The van der Waals surface area contributed by atoms with E-state index in [1.807, 2.05) is 0 Å². The summed E-state index contributed by atoms with van der Waals surface area (Å²) >= 11 is -1.49. The topological polar surface area (TPSA) is 146 Å². The highest BCUT2D eigenvalue weighted by atomic mass is 32.2. The second-order valence-electron chi connectivity index (χ2n) is 4.82. The number of hydrogen-bond donors (Lipinski definition) is 3. The number of nitrogen functional groups attached to an aromatic ring is 1. The van der Waals surface area contributed by atoms with E-state index in [9.17, 15) is 14.4 Å². The molecule has 0 spiro atoms. The monoisotopic (exact) mass is 329 g/mol. The molecule has 1 saturated heterocycles. The van der Waals surface area contributed by atoms with Crippen molar-refractivity contribution < 1.29 is 23.3 Å². The van der Waals surface area contributed by atoms with Crippen molar-refractivity contribution in [1.82, 2.24) is 19.5 Å². The van der Waals surface area contributed by atoms with Gasteiger partial charge in [0.25, 0.3) is 0 Å². The van der Waals surface area contributed by atoms with Crippen molar-refractivity contribution in [3.8, 4) is 0 Å². The maximum Gasteiger partial charge on any atom is 0.167 e. The highest BCUT2D eigenvalue weighted by Gasteiger charge is 2.44. The van der Waals surface area contributed by atoms with E-state index >= 15 is 0 Å². The first-order valence-electron chi connectivity index (χ1n) is 6.40. The summed E-state index contributed by atoms with van der Waals surface area (Å²) in [7, 11) is 0. The van der Waals surface area contributed by atoms with Gasteiger partial charge in [-0.1, -0.05) is 0 Å². The molecule has 0 aromatic carbocycles. The van der Waals surface area contributed by atoms with Gasteiger partial charge in [-0.25, -0.2) is 19.2 Å². The SMILES string of the molecule is CS(=O)OC[C@H]1O[C@@H](n2cnc3c(N)ncnc32)[C@H](O)[C@@H]1O. The molecule has 0 amide bonds. The minimum Gasteiger partial charge on any atom is -0.387 e. The molecule has 0 bridgehead atoms. The van der Waals surface area contributed by atoms with Crippen LogP contribution in [0.3, 0.4) is 0 Å². The third-order valence-corrected chi connectivity index (χ3v) is 3.86. The summed E-state index contributed by atoms with van der Waals surface area (Å²) in [5.74, 6) is 0.207. The van der Waals surface area contributed by atoms with Crippen LogP contribution in [0.1, 0.15) is 6.23 Å². The summed E-state index contributed by atoms with van der Waals surface area (Å²) in [4.78, 5) is 12.0. The Hall–Kier alpha value is -1.66. The normalized spacial score (nSPS) is 30.0. The Morgan fingerprint density at radius 1 is 1.41 bits per heavy atom. The fraction of sp³-hybridized carbons (Fsp3) is 0.545. The predicted molar refractivity (Wildman–Crippen MR) is 75.7 cm³/mol. The minimum absolute atomic E-state index is 0.110. The number of aliphatic hydroxyl groups is 2. The fourth-order valence-electron chi connectivity index (χ4n) is 2.32. The quantitative estimate of drug-likeness (QED) is 0.599. The predicted octanol–water partition coefficient (Wildman–Crippen LogP) is -1.66. The lowest BCUT2D eigenvalue weighted by Gasteiger charge is -2.16. The number of ether oxygens (including phenoxy) is 1. The molecule has 1 aliphatic heterocycles. The Bertz CT molecular complexity index is 709. The lowest BCUT2D eigenvalue weighted by atomic mass is 10.1. The molecule has 3 rings (SSSR count). The molecule has 0 aliphatic carbocycles. The number of hydrogen-bond acceptors (Lipinski definition) is 9. The summed E-state index contributed by atoms with van der Waals surface area (Å²) in [6.07, 6.45) is -0.101. The third-order valence-electron chi connectivity index (χ3n) is 3.40. The van der Waals surface area contributed by atoms with Crippen molar-refractivity contribution in [3.63, 3.8) is 0 Å². The Balaban J connectivity index is 1.87. The number of imidazole rings is 1. The molecular weight excluding hydrogens is 314 g/mol. The summed E-state index contributed by atoms with van der Waals surface area (Å²) in [6.45, 7) is -0.110. The standard InChI is InChI=1S/C11H15N5O5S/c1-22(19)20-2-5-7(17)8(18)11(21-5)16-4-15-6-9(12)13-3-14-10(6)16/h3-5,7-8,11,17-18H,2H2,1H3,(H2,12,13,14)/t5-,7-,8-,11-,22?/m1/s1. The van der Waals surface area contributed by atoms with E-state index in [-0.39, 0.29) is 12.4 Å². The largest absolute Gasteiger partial charge is 0.387 e. The summed E-state index contributed by atoms with van der Waals surface area (Å²) in [5, 5.41) is 20.2. The average molecular weight is 329 g/mol. The molecule has 10 nitrogen and oxygen atoms in total. The zero-order chi connectivity index (χ0) is 15.9. The first-order valence-corrected chi connectivity index (χ1v) is 7.88. The Morgan fingerprint density at radius 2 is 2.18 bits per heavy atom. The van der Waals surface area contributed by atoms with E-state index in [2.05, 4.69) is 15.0 Å². The van der Waals surface area contributed by atoms with E-state index in [1.54, 1.807) is 0 Å². The molecule has 22 heavy (non-hydrogen) atoms. The Labute approximate surface area is 127 Å². The van der Waals surface area contributed by atoms with Crippen LogP contribution in [0.25, 0.3) is 11.2 Å². The zero-order valence-corrected chi connectivity index (χ0v) is 12.4. The van der Waals surface area contributed by atoms with Crippen LogP contribution in [0.4, 0.5) is 5.82 Å². The molecule has 1 unspecified atom stereocenters. The van der Waals surface area contributed by atoms with Crippen LogP contribution >= 0.6 is 0 Å². The number of anilines is 1. The molecule has 0 saturated carbocycles. The molecule has 3 heterocycles. The Morgan fingerprint density at radius 3 is 2.91 bits per heavy atom. The van der Waals surface area contributed by atoms with Crippen LogP contribution < -0.4 is 5.73 Å². The molecule has 120 valence electrons. The van der Waals surface area contributed by atoms with Crippen LogP contribution in [-0.2, 0) is 20.0 Å². The number of rotatable bonds is 4. The molecule has 2 aromatic rings. The van der Waals surface area contributed by atoms with Gasteiger partial charge in [-0.05, 0) is 0 Å². The smallest absolute Gasteiger partial charge is 0.167 e. The van der Waals surface area contributed by atoms with Crippen molar-refractivity contribution in [2.75, 3.05) is 18.6 Å². The van der Waals surface area contributed by atoms with Gasteiger partial charge in [-0.3, -0.25) is 8.75 Å². The maximum atomic E-state index is 11.0. The number of fused-ring (bicyclic) bond motifs is 1. The van der Waals surface area contributed by atoms with Crippen LogP contribution in [-0.4, -0.2) is 65.1 Å². The van der Waals surface area contributed by atoms with Crippen LogP contribution in [0, 0.1) is 0 Å². The molecule has 5 atom stereocenters. The van der Waals surface area contributed by atoms with Gasteiger partial charge in [0.05, 0.1) is 12.9 Å². The summed E-state index contributed by atoms with van der Waals surface area (Å²) in [5.41, 5.74) is 6.46. The van der Waals surface area contributed by atoms with Gasteiger partial charge in [0.2, 0.25) is 0 Å². The van der Waals surface area contributed by atoms with Crippen molar-refractivity contribution >= 4 is 28.1 Å². The lowest BCUT2D eigenvalue weighted by Crippen LogP contribution is -2.34. The van der Waals surface area contributed by atoms with Gasteiger partial charge >= 0.3 is 0 Å². The third kappa shape index (κ3) is 2.57. The van der Waals surface area contributed by atoms with Gasteiger partial charge in [-0.2, -0.15) is 0 Å². The number of nitrogens with two attached hydrogens (primary N) is 1. The summed E-state index contributed by atoms with van der Waals surface area (Å²) < 4.78 is 22.9. The first kappa shape index (κ1) is 15.2. The molecule has 2 aromatic heterocycles. The molecule has 4 N–H and O–H groups in total. The highest BCUT2D eigenvalue weighted by molar-refractivity contribution is 7.79. The van der Waals surface area contributed by atoms with E-state index < -0.39 is 35.6 Å². The number of nitrogens with zero attached hydrogens (tertiary/aromatic N) is 4. The van der Waals surface area contributed by atoms with Gasteiger partial charge in [0.1, 0.15) is 30.2 Å². The molecule has 0 radical (unpaired) electrons. The van der Waals surface area contributed by atoms with E-state index in [1.165, 1.54) is 23.5 Å². The van der Waals surface area contributed by atoms with E-state index in [4.69, 9.17) is 14.7 Å². The van der Waals surface area contributed by atoms with Crippen LogP contribution in [0.2, 0.25) is 0 Å². The molecule has 1 aliphatic rings.